The van der Waals surface area contributed by atoms with Gasteiger partial charge in [0.2, 0.25) is 0 Å². The van der Waals surface area contributed by atoms with Gasteiger partial charge in [0.1, 0.15) is 0 Å². The molecule has 7 heteroatoms. The number of hydrogen-bond acceptors (Lipinski definition) is 4. The quantitative estimate of drug-likeness (QED) is 0.689. The Morgan fingerprint density at radius 1 is 1.14 bits per heavy atom. The first-order valence-electron chi connectivity index (χ1n) is 6.41. The number of aromatic nitrogens is 2. The Morgan fingerprint density at radius 2 is 1.86 bits per heavy atom. The number of nitrogens with two attached hydrogens (primary N) is 2. The van der Waals surface area contributed by atoms with Crippen molar-refractivity contribution in [3.05, 3.63) is 59.7 Å². The number of hydrogen-bond donors (Lipinski definition) is 3. The zero-order chi connectivity index (χ0) is 14.8. The number of rotatable bonds is 3. The second-order valence-electron chi connectivity index (χ2n) is 4.63. The number of H-pyrrole nitrogens is 1. The molecule has 1 amide bonds. The van der Waals surface area contributed by atoms with E-state index in [1.165, 1.54) is 0 Å². The predicted octanol–water partition coefficient (Wildman–Crippen LogP) is 2.49. The Labute approximate surface area is 132 Å². The summed E-state index contributed by atoms with van der Waals surface area (Å²) in [6, 6.07) is 15.2. The van der Waals surface area contributed by atoms with Gasteiger partial charge in [0.05, 0.1) is 17.1 Å². The Morgan fingerprint density at radius 3 is 2.55 bits per heavy atom. The molecule has 0 radical (unpaired) electrons. The molecular weight excluding hydrogens is 304 g/mol. The minimum absolute atomic E-state index is 0. The van der Waals surface area contributed by atoms with Gasteiger partial charge in [-0.25, -0.2) is 4.79 Å². The lowest BCUT2D eigenvalue weighted by Gasteiger charge is -2.12. The molecule has 1 aromatic heterocycles. The Bertz CT molecular complexity index is 789. The van der Waals surface area contributed by atoms with Gasteiger partial charge in [-0.1, -0.05) is 36.4 Å². The maximum Gasteiger partial charge on any atom is 0.412 e. The van der Waals surface area contributed by atoms with Crippen molar-refractivity contribution in [2.24, 2.45) is 11.5 Å². The molecule has 1 unspecified atom stereocenters. The Hall–Kier alpha value is -2.57. The molecule has 1 heterocycles. The summed E-state index contributed by atoms with van der Waals surface area (Å²) < 4.78 is 4.73. The Balaban J connectivity index is 0.00000176. The second-order valence-corrected chi connectivity index (χ2v) is 4.63. The molecular formula is C15H15ClN4O2. The highest BCUT2D eigenvalue weighted by Crippen LogP contribution is 2.24. The third kappa shape index (κ3) is 3.19. The first-order chi connectivity index (χ1) is 10.1. The van der Waals surface area contributed by atoms with Crippen LogP contribution in [-0.2, 0) is 0 Å². The molecule has 6 nitrogen and oxygen atoms in total. The van der Waals surface area contributed by atoms with Crippen LogP contribution in [0.2, 0.25) is 0 Å². The number of fused-ring (bicyclic) bond motifs is 1. The lowest BCUT2D eigenvalue weighted by atomic mass is 9.99. The van der Waals surface area contributed by atoms with Gasteiger partial charge in [-0.15, -0.1) is 12.4 Å². The van der Waals surface area contributed by atoms with E-state index in [2.05, 4.69) is 9.97 Å². The van der Waals surface area contributed by atoms with E-state index in [-0.39, 0.29) is 24.5 Å². The van der Waals surface area contributed by atoms with Crippen molar-refractivity contribution in [2.75, 3.05) is 0 Å². The SMILES string of the molecule is Cl.NC(=O)Oc1nc2cc(C(N)c3ccccc3)ccc2[nH]1. The van der Waals surface area contributed by atoms with Crippen LogP contribution in [0.4, 0.5) is 4.79 Å². The third-order valence-corrected chi connectivity index (χ3v) is 3.20. The highest BCUT2D eigenvalue weighted by molar-refractivity contribution is 5.85. The molecule has 0 aliphatic rings. The van der Waals surface area contributed by atoms with Crippen molar-refractivity contribution < 1.29 is 9.53 Å². The normalized spacial score (nSPS) is 11.7. The molecule has 1 atom stereocenters. The molecule has 0 fully saturated rings. The minimum atomic E-state index is -0.907. The van der Waals surface area contributed by atoms with E-state index in [9.17, 15) is 4.79 Å². The number of carbonyl (C=O) groups excluding carboxylic acids is 1. The van der Waals surface area contributed by atoms with Crippen molar-refractivity contribution in [1.29, 1.82) is 0 Å². The van der Waals surface area contributed by atoms with Gasteiger partial charge in [-0.05, 0) is 23.3 Å². The van der Waals surface area contributed by atoms with Gasteiger partial charge in [-0.2, -0.15) is 4.98 Å². The van der Waals surface area contributed by atoms with E-state index in [1.807, 2.05) is 48.5 Å². The van der Waals surface area contributed by atoms with Crippen LogP contribution in [0.1, 0.15) is 17.2 Å². The summed E-state index contributed by atoms with van der Waals surface area (Å²) in [6.07, 6.45) is -0.907. The molecule has 22 heavy (non-hydrogen) atoms. The maximum absolute atomic E-state index is 10.7. The van der Waals surface area contributed by atoms with Gasteiger partial charge < -0.3 is 21.2 Å². The second kappa shape index (κ2) is 6.46. The zero-order valence-corrected chi connectivity index (χ0v) is 12.3. The first-order valence-corrected chi connectivity index (χ1v) is 6.41. The van der Waals surface area contributed by atoms with Crippen LogP contribution in [0.25, 0.3) is 11.0 Å². The summed E-state index contributed by atoms with van der Waals surface area (Å²) in [4.78, 5) is 17.7. The summed E-state index contributed by atoms with van der Waals surface area (Å²) >= 11 is 0. The van der Waals surface area contributed by atoms with Crippen LogP contribution in [0.15, 0.2) is 48.5 Å². The largest absolute Gasteiger partial charge is 0.412 e. The van der Waals surface area contributed by atoms with E-state index in [0.29, 0.717) is 5.52 Å². The maximum atomic E-state index is 10.7. The highest BCUT2D eigenvalue weighted by atomic mass is 35.5. The highest BCUT2D eigenvalue weighted by Gasteiger charge is 2.12. The molecule has 0 saturated carbocycles. The van der Waals surface area contributed by atoms with Crippen LogP contribution < -0.4 is 16.2 Å². The van der Waals surface area contributed by atoms with E-state index in [4.69, 9.17) is 16.2 Å². The molecule has 3 rings (SSSR count). The summed E-state index contributed by atoms with van der Waals surface area (Å²) in [5, 5.41) is 0. The molecule has 0 bridgehead atoms. The smallest absolute Gasteiger partial charge is 0.376 e. The average molecular weight is 319 g/mol. The first kappa shape index (κ1) is 15.8. The fourth-order valence-electron chi connectivity index (χ4n) is 2.19. The number of nitrogens with zero attached hydrogens (tertiary/aromatic N) is 1. The van der Waals surface area contributed by atoms with E-state index in [0.717, 1.165) is 16.6 Å². The molecule has 3 aromatic rings. The molecule has 0 spiro atoms. The molecule has 0 aliphatic carbocycles. The van der Waals surface area contributed by atoms with Crippen LogP contribution >= 0.6 is 12.4 Å². The fourth-order valence-corrected chi connectivity index (χ4v) is 2.19. The van der Waals surface area contributed by atoms with E-state index in [1.54, 1.807) is 0 Å². The van der Waals surface area contributed by atoms with Crippen LogP contribution in [0.5, 0.6) is 6.01 Å². The molecule has 0 saturated heterocycles. The van der Waals surface area contributed by atoms with Crippen molar-refractivity contribution >= 4 is 29.5 Å². The number of carbonyl (C=O) groups is 1. The van der Waals surface area contributed by atoms with E-state index >= 15 is 0 Å². The summed E-state index contributed by atoms with van der Waals surface area (Å²) in [5.74, 6) is 0. The number of halogens is 1. The number of primary amides is 1. The lowest BCUT2D eigenvalue weighted by molar-refractivity contribution is 0.207. The van der Waals surface area contributed by atoms with Crippen molar-refractivity contribution in [3.8, 4) is 6.01 Å². The number of imidazole rings is 1. The zero-order valence-electron chi connectivity index (χ0n) is 11.5. The summed E-state index contributed by atoms with van der Waals surface area (Å²) in [5.41, 5.74) is 14.6. The fraction of sp³-hybridized carbons (Fsp3) is 0.0667. The topological polar surface area (TPSA) is 107 Å². The number of ether oxygens (including phenoxy) is 1. The van der Waals surface area contributed by atoms with Crippen molar-refractivity contribution in [1.82, 2.24) is 9.97 Å². The third-order valence-electron chi connectivity index (χ3n) is 3.20. The van der Waals surface area contributed by atoms with Crippen molar-refractivity contribution in [2.45, 2.75) is 6.04 Å². The number of aromatic amines is 1. The van der Waals surface area contributed by atoms with Gasteiger partial charge in [0.25, 0.3) is 0 Å². The minimum Gasteiger partial charge on any atom is -0.376 e. The molecule has 114 valence electrons. The molecule has 0 aliphatic heterocycles. The Kier molecular flexibility index (Phi) is 4.65. The average Bonchev–Trinajstić information content (AvgIpc) is 2.87. The number of benzene rings is 2. The van der Waals surface area contributed by atoms with E-state index < -0.39 is 6.09 Å². The monoisotopic (exact) mass is 318 g/mol. The van der Waals surface area contributed by atoms with Gasteiger partial charge in [0, 0.05) is 0 Å². The predicted molar refractivity (Wildman–Crippen MR) is 86.0 cm³/mol. The number of amides is 1. The standard InChI is InChI=1S/C15H14N4O2.ClH/c16-13(9-4-2-1-3-5-9)10-6-7-11-12(8-10)19-15(18-11)21-14(17)20;/h1-8,13H,16H2,(H2,17,20)(H,18,19);1H. The number of nitrogens with one attached hydrogen (secondary N) is 1. The molecule has 2 aromatic carbocycles. The summed E-state index contributed by atoms with van der Waals surface area (Å²) in [6.45, 7) is 0. The van der Waals surface area contributed by atoms with Crippen molar-refractivity contribution in [3.63, 3.8) is 0 Å². The van der Waals surface area contributed by atoms with Crippen LogP contribution in [0.3, 0.4) is 0 Å². The van der Waals surface area contributed by atoms with Gasteiger partial charge in [0.15, 0.2) is 0 Å². The van der Waals surface area contributed by atoms with Crippen LogP contribution in [-0.4, -0.2) is 16.1 Å². The van der Waals surface area contributed by atoms with Crippen LogP contribution in [0, 0.1) is 0 Å². The van der Waals surface area contributed by atoms with Gasteiger partial charge >= 0.3 is 12.1 Å². The lowest BCUT2D eigenvalue weighted by Crippen LogP contribution is -2.16. The summed E-state index contributed by atoms with van der Waals surface area (Å²) in [7, 11) is 0. The molecule has 5 N–H and O–H groups in total. The van der Waals surface area contributed by atoms with Gasteiger partial charge in [-0.3, -0.25) is 0 Å².